The summed E-state index contributed by atoms with van der Waals surface area (Å²) in [7, 11) is 0. The summed E-state index contributed by atoms with van der Waals surface area (Å²) in [6.45, 7) is 19.4. The number of carbonyl (C=O) groups is 2. The second-order valence-electron chi connectivity index (χ2n) is 33.7. The van der Waals surface area contributed by atoms with Gasteiger partial charge in [-0.2, -0.15) is 10.5 Å². The van der Waals surface area contributed by atoms with Gasteiger partial charge in [-0.3, -0.25) is 34.7 Å². The molecule has 13 aromatic carbocycles. The Morgan fingerprint density at radius 3 is 1.23 bits per heavy atom. The van der Waals surface area contributed by atoms with Crippen LogP contribution in [0.2, 0.25) is 5.15 Å². The third-order valence-corrected chi connectivity index (χ3v) is 25.5. The number of pyridine rings is 7. The van der Waals surface area contributed by atoms with Crippen molar-refractivity contribution in [2.24, 2.45) is 0 Å². The number of ketones is 1. The van der Waals surface area contributed by atoms with Crippen LogP contribution in [0.1, 0.15) is 126 Å². The Hall–Kier alpha value is -14.5. The molecule has 0 radical (unpaired) electrons. The Kier molecular flexibility index (Phi) is 27.8. The number of phenolic OH excluding ortho intramolecular Hbond substituents is 1. The molecule has 0 unspecified atom stereocenters. The molecule has 13 nitrogen and oxygen atoms in total. The van der Waals surface area contributed by atoms with Crippen molar-refractivity contribution in [2.45, 2.75) is 79.6 Å². The number of aromatic carboxylic acids is 1. The molecule has 0 spiro atoms. The van der Waals surface area contributed by atoms with Crippen molar-refractivity contribution in [1.29, 1.82) is 10.5 Å². The Morgan fingerprint density at radius 1 is 0.353 bits per heavy atom. The molecule has 20 aromatic rings. The van der Waals surface area contributed by atoms with Crippen LogP contribution in [0.4, 0.5) is 0 Å². The molecule has 2 N–H and O–H groups in total. The van der Waals surface area contributed by atoms with E-state index < -0.39 is 5.97 Å². The topological polar surface area (TPSA) is 212 Å². The first-order valence-electron chi connectivity index (χ1n) is 43.1. The summed E-state index contributed by atoms with van der Waals surface area (Å²) in [5.41, 5.74) is 28.4. The van der Waals surface area contributed by atoms with Crippen LogP contribution in [0.3, 0.4) is 0 Å². The molecule has 0 atom stereocenters. The number of halogens is 2. The minimum absolute atomic E-state index is 0. The molecule has 646 valence electrons. The number of benzene rings is 13. The first-order chi connectivity index (χ1) is 63.6. The standard InChI is InChI=1S/C19H17N.C18H15NO.C17H12N2.C17H13NO2.C17H11NO.C17H13N.C10H5ClN2.CH3I.Be.Pd/c1-12-7-6-10-15-16(12)18-17(19(15,2)3)14-9-5-4-8-13(14)11-20-18;1-18(2)13-8-5-9-14(20)15(13)17-16(18)12-7-4-3-6-11(12)10-19-17;1-12-6-2-4-8-14(12)17-16(10-18)15-9-5-3-7-13(15)11-19-17;1-11-6-2-4-8-13(11)16-15(17(19)20)14-9-5-3-7-12(14)10-18-16;1-10-5-4-8-13-14(10)16-15(17(13)19)12-7-3-2-6-11(12)9-18-16;1-11-5-4-7-12-9-15-14-8-3-2-6-13(14)10-18-17(15)16(11)12;11-10-9(5-12)8-4-2-1-3-7(8)6-13-10;1-2;;/h4-11H,1-3H3;3-10,20H,1-2H3;2-9,11H,1H3;2-10H,1H3,(H,19,20);2-9H,1H3;2-8,10H,9H2,1H3;1-4,6H;1H3;;/q;;;;;;;;+2;. The van der Waals surface area contributed by atoms with Gasteiger partial charge in [0.05, 0.1) is 56.4 Å². The van der Waals surface area contributed by atoms with Crippen molar-refractivity contribution in [3.8, 4) is 85.4 Å². The summed E-state index contributed by atoms with van der Waals surface area (Å²) in [4.78, 5) is 57.7. The smallest absolute Gasteiger partial charge is 0.507 e. The first kappa shape index (κ1) is 93.2. The normalized spacial score (nSPS) is 12.1. The molecule has 17 heteroatoms. The predicted molar refractivity (Wildman–Crippen MR) is 548 cm³/mol. The number of carboxylic acid groups (broad SMARTS) is 1. The summed E-state index contributed by atoms with van der Waals surface area (Å²) in [6.07, 6.45) is 14.0. The summed E-state index contributed by atoms with van der Waals surface area (Å²) >= 11 is 7.92. The van der Waals surface area contributed by atoms with Crippen LogP contribution in [0.15, 0.2) is 335 Å². The zero-order valence-corrected chi connectivity index (χ0v) is 79.4. The van der Waals surface area contributed by atoms with Gasteiger partial charge in [0, 0.05) is 168 Å². The summed E-state index contributed by atoms with van der Waals surface area (Å²) < 4.78 is 0. The summed E-state index contributed by atoms with van der Waals surface area (Å²) in [6, 6.07) is 101. The maximum absolute atomic E-state index is 12.6. The van der Waals surface area contributed by atoms with E-state index in [0.29, 0.717) is 28.0 Å². The average molecular weight is 1950 g/mol. The molecule has 0 saturated carbocycles. The zero-order chi connectivity index (χ0) is 91.5. The van der Waals surface area contributed by atoms with E-state index in [9.17, 15) is 25.1 Å². The molecule has 133 heavy (non-hydrogen) atoms. The van der Waals surface area contributed by atoms with E-state index in [1.54, 1.807) is 18.5 Å². The Labute approximate surface area is 809 Å². The van der Waals surface area contributed by atoms with E-state index in [2.05, 4.69) is 209 Å². The monoisotopic (exact) mass is 1950 g/mol. The number of hydrogen-bond acceptors (Lipinski definition) is 12. The van der Waals surface area contributed by atoms with Crippen LogP contribution in [0.25, 0.3) is 143 Å². The second kappa shape index (κ2) is 39.7. The Balaban J connectivity index is 0.000000118. The third kappa shape index (κ3) is 17.5. The van der Waals surface area contributed by atoms with E-state index in [-0.39, 0.29) is 57.9 Å². The van der Waals surface area contributed by atoms with Crippen molar-refractivity contribution in [3.05, 3.63) is 429 Å². The van der Waals surface area contributed by atoms with Crippen LogP contribution in [0.5, 0.6) is 5.75 Å². The van der Waals surface area contributed by atoms with E-state index in [4.69, 9.17) is 21.8 Å². The largest absolute Gasteiger partial charge is 2.00 e. The van der Waals surface area contributed by atoms with Crippen molar-refractivity contribution < 1.29 is 40.2 Å². The molecule has 0 amide bonds. The first-order valence-corrected chi connectivity index (χ1v) is 45.7. The molecular weight excluding hydrogens is 1860 g/mol. The van der Waals surface area contributed by atoms with Crippen LogP contribution < -0.4 is 0 Å². The van der Waals surface area contributed by atoms with Gasteiger partial charge in [0.15, 0.2) is 5.78 Å². The Morgan fingerprint density at radius 2 is 0.699 bits per heavy atom. The number of carbonyl (C=O) groups excluding carboxylic acids is 1. The molecule has 0 saturated heterocycles. The quantitative estimate of drug-likeness (QED) is 0.0730. The van der Waals surface area contributed by atoms with Crippen molar-refractivity contribution in [2.75, 3.05) is 4.93 Å². The van der Waals surface area contributed by atoms with E-state index in [1.807, 2.05) is 239 Å². The Bertz CT molecular complexity index is 7940. The van der Waals surface area contributed by atoms with Crippen molar-refractivity contribution in [3.63, 3.8) is 0 Å². The van der Waals surface area contributed by atoms with Gasteiger partial charge in [-0.25, -0.2) is 9.78 Å². The van der Waals surface area contributed by atoms with Gasteiger partial charge in [0.2, 0.25) is 0 Å². The number of aryl methyl sites for hydroxylation is 5. The minimum Gasteiger partial charge on any atom is -0.507 e. The number of rotatable bonds is 3. The van der Waals surface area contributed by atoms with Gasteiger partial charge >= 0.3 is 16.1 Å². The van der Waals surface area contributed by atoms with Crippen molar-refractivity contribution in [1.82, 2.24) is 34.9 Å². The fraction of sp³-hybridized carbons (Fsp3) is 0.112. The summed E-state index contributed by atoms with van der Waals surface area (Å²) in [5.74, 6) is -0.539. The van der Waals surface area contributed by atoms with E-state index in [0.717, 1.165) is 122 Å². The fourth-order valence-electron chi connectivity index (χ4n) is 19.0. The fourth-order valence-corrected chi connectivity index (χ4v) is 19.1. The number of alkyl halides is 1. The third-order valence-electron chi connectivity index (χ3n) is 25.2. The van der Waals surface area contributed by atoms with Crippen molar-refractivity contribution >= 4 is 131 Å². The average Bonchev–Trinajstić information content (AvgIpc) is 1.57. The maximum Gasteiger partial charge on any atom is 2.00 e. The predicted octanol–water partition coefficient (Wildman–Crippen LogP) is 28.4. The van der Waals surface area contributed by atoms with Gasteiger partial charge in [-0.15, -0.1) is 0 Å². The number of aromatic hydroxyl groups is 1. The number of aromatic nitrogens is 7. The number of nitrogens with zero attached hydrogens (tertiary/aromatic N) is 9. The van der Waals surface area contributed by atoms with Gasteiger partial charge in [-0.1, -0.05) is 347 Å². The van der Waals surface area contributed by atoms with Gasteiger partial charge < -0.3 is 10.2 Å². The molecule has 0 fully saturated rings. The minimum atomic E-state index is -0.951. The molecule has 7 aromatic heterocycles. The van der Waals surface area contributed by atoms with Crippen LogP contribution in [-0.2, 0) is 37.7 Å². The molecular formula is C116H89BeClIN9O4Pd+2. The maximum atomic E-state index is 12.6. The molecule has 0 bridgehead atoms. The van der Waals surface area contributed by atoms with Gasteiger partial charge in [0.1, 0.15) is 23.0 Å². The molecule has 0 aliphatic heterocycles. The zero-order valence-electron chi connectivity index (χ0n) is 75.0. The van der Waals surface area contributed by atoms with E-state index in [1.165, 1.54) is 88.4 Å². The molecule has 4 aliphatic rings. The number of carboxylic acids is 1. The van der Waals surface area contributed by atoms with E-state index >= 15 is 0 Å². The molecule has 7 heterocycles. The number of nitriles is 2. The van der Waals surface area contributed by atoms with Crippen LogP contribution in [-0.4, -0.2) is 71.9 Å². The number of hydrogen-bond donors (Lipinski definition) is 2. The number of phenols is 1. The van der Waals surface area contributed by atoms with Gasteiger partial charge in [-0.05, 0) is 134 Å². The molecule has 4 aliphatic carbocycles. The van der Waals surface area contributed by atoms with Crippen LogP contribution >= 0.6 is 34.2 Å². The summed E-state index contributed by atoms with van der Waals surface area (Å²) in [5, 5.41) is 53.2. The van der Waals surface area contributed by atoms with Crippen LogP contribution in [0, 0.1) is 57.3 Å². The number of fused-ring (bicyclic) bond motifs is 23. The SMILES string of the molecule is CC1(C)c2cccc(O)c2-c2ncc3ccccc3c21.CI.Cc1cccc2c1-c1ncc3ccccc3c1C2.Cc1cccc2c1-c1ncc3ccccc3c1C2(C)C.Cc1cccc2c1-c1ncc3ccccc3c1C2=O.Cc1ccccc1-c1ncc2ccccc2c1C#N.Cc1ccccc1-c1ncc2ccccc2c1C(=O)O.N#Cc1c(Cl)ncc2ccccc12.[Be+2].[Pd]. The van der Waals surface area contributed by atoms with Gasteiger partial charge in [0.25, 0.3) is 0 Å². The molecule has 24 rings (SSSR count). The second-order valence-corrected chi connectivity index (χ2v) is 34.1.